The normalized spacial score (nSPS) is 12.7. The third kappa shape index (κ3) is 3.27. The Morgan fingerprint density at radius 2 is 1.06 bits per heavy atom. The molecule has 0 radical (unpaired) electrons. The van der Waals surface area contributed by atoms with E-state index in [2.05, 4.69) is 84.9 Å². The molecule has 4 aromatic heterocycles. The van der Waals surface area contributed by atoms with Crippen molar-refractivity contribution in [2.75, 3.05) is 0 Å². The predicted octanol–water partition coefficient (Wildman–Crippen LogP) is 5.75. The van der Waals surface area contributed by atoms with Gasteiger partial charge in [-0.1, -0.05) is 47.6 Å². The molecule has 0 spiro atoms. The lowest BCUT2D eigenvalue weighted by Crippen LogP contribution is -2.19. The number of hydrogen-bond acceptors (Lipinski definition) is 4. The van der Waals surface area contributed by atoms with Gasteiger partial charge in [-0.3, -0.25) is 19.1 Å². The molecule has 6 nitrogen and oxygen atoms in total. The number of fused-ring (bicyclic) bond motifs is 2. The van der Waals surface area contributed by atoms with E-state index in [4.69, 9.17) is 9.97 Å². The Kier molecular flexibility index (Phi) is 4.45. The van der Waals surface area contributed by atoms with Crippen molar-refractivity contribution in [2.45, 2.75) is 52.4 Å². The number of hydrogen-bond donors (Lipinski definition) is 0. The van der Waals surface area contributed by atoms with Crippen LogP contribution in [0.5, 0.6) is 0 Å². The maximum absolute atomic E-state index is 4.93. The van der Waals surface area contributed by atoms with Gasteiger partial charge in [-0.25, -0.2) is 9.97 Å². The zero-order valence-electron chi connectivity index (χ0n) is 19.5. The second-order valence-corrected chi connectivity index (χ2v) is 10.3. The number of aromatic nitrogens is 6. The molecule has 0 aliphatic rings. The topological polar surface area (TPSA) is 61.4 Å². The van der Waals surface area contributed by atoms with Crippen molar-refractivity contribution in [1.29, 1.82) is 0 Å². The Morgan fingerprint density at radius 1 is 0.625 bits per heavy atom. The second-order valence-electron chi connectivity index (χ2n) is 10.3. The third-order valence-corrected chi connectivity index (χ3v) is 5.60. The highest BCUT2D eigenvalue weighted by atomic mass is 15.1. The lowest BCUT2D eigenvalue weighted by Gasteiger charge is -2.22. The van der Waals surface area contributed by atoms with Crippen molar-refractivity contribution in [3.05, 3.63) is 72.8 Å². The van der Waals surface area contributed by atoms with E-state index in [1.807, 2.05) is 36.9 Å². The van der Waals surface area contributed by atoms with Gasteiger partial charge < -0.3 is 0 Å². The predicted molar refractivity (Wildman–Crippen MR) is 129 cm³/mol. The number of nitrogens with zero attached hydrogens (tertiary/aromatic N) is 6. The van der Waals surface area contributed by atoms with E-state index in [-0.39, 0.29) is 10.8 Å². The zero-order chi connectivity index (χ0) is 22.7. The monoisotopic (exact) mass is 424 g/mol. The third-order valence-electron chi connectivity index (χ3n) is 5.60. The van der Waals surface area contributed by atoms with Gasteiger partial charge in [-0.15, -0.1) is 0 Å². The molecular weight excluding hydrogens is 396 g/mol. The Morgan fingerprint density at radius 3 is 1.47 bits per heavy atom. The fourth-order valence-electron chi connectivity index (χ4n) is 4.16. The summed E-state index contributed by atoms with van der Waals surface area (Å²) in [6.45, 7) is 13.1. The first kappa shape index (κ1) is 20.4. The number of pyridine rings is 2. The molecule has 0 bridgehead atoms. The summed E-state index contributed by atoms with van der Waals surface area (Å²) in [5.41, 5.74) is 5.79. The summed E-state index contributed by atoms with van der Waals surface area (Å²) in [6, 6.07) is 12.7. The zero-order valence-corrected chi connectivity index (χ0v) is 19.5. The van der Waals surface area contributed by atoms with E-state index in [9.17, 15) is 0 Å². The summed E-state index contributed by atoms with van der Waals surface area (Å²) in [7, 11) is 0. The summed E-state index contributed by atoms with van der Waals surface area (Å²) in [5, 5.41) is 0. The molecule has 4 heterocycles. The highest BCUT2D eigenvalue weighted by Gasteiger charge is 2.26. The van der Waals surface area contributed by atoms with Gasteiger partial charge in [0.25, 0.3) is 0 Å². The molecule has 6 heteroatoms. The Bertz CT molecular complexity index is 1340. The van der Waals surface area contributed by atoms with Gasteiger partial charge in [0.2, 0.25) is 0 Å². The Labute approximate surface area is 188 Å². The number of benzene rings is 1. The Balaban J connectivity index is 1.79. The molecule has 0 aliphatic carbocycles. The minimum atomic E-state index is -0.126. The van der Waals surface area contributed by atoms with Crippen LogP contribution in [0.3, 0.4) is 0 Å². The van der Waals surface area contributed by atoms with Gasteiger partial charge in [0.15, 0.2) is 0 Å². The summed E-state index contributed by atoms with van der Waals surface area (Å²) in [4.78, 5) is 18.4. The highest BCUT2D eigenvalue weighted by molar-refractivity contribution is 5.79. The van der Waals surface area contributed by atoms with Crippen molar-refractivity contribution in [3.63, 3.8) is 0 Å². The van der Waals surface area contributed by atoms with E-state index < -0.39 is 0 Å². The molecule has 5 rings (SSSR count). The molecule has 162 valence electrons. The van der Waals surface area contributed by atoms with Crippen LogP contribution < -0.4 is 0 Å². The minimum absolute atomic E-state index is 0.126. The number of imidazole rings is 2. The van der Waals surface area contributed by atoms with Gasteiger partial charge in [-0.05, 0) is 30.3 Å². The van der Waals surface area contributed by atoms with Crippen LogP contribution >= 0.6 is 0 Å². The molecule has 0 N–H and O–H groups in total. The van der Waals surface area contributed by atoms with Crippen LogP contribution in [-0.2, 0) is 10.8 Å². The molecule has 0 fully saturated rings. The SMILES string of the molecule is CC(C)(C)c1nc2cnccc2n1-c1cccc(-n2c(C(C)(C)C)nc3cnccc32)c1. The average Bonchev–Trinajstić information content (AvgIpc) is 3.33. The maximum Gasteiger partial charge on any atom is 0.119 e. The molecule has 0 atom stereocenters. The first-order valence-corrected chi connectivity index (χ1v) is 10.9. The lowest BCUT2D eigenvalue weighted by molar-refractivity contribution is 0.537. The summed E-state index contributed by atoms with van der Waals surface area (Å²) < 4.78 is 4.50. The van der Waals surface area contributed by atoms with E-state index in [1.165, 1.54) is 0 Å². The lowest BCUT2D eigenvalue weighted by atomic mass is 9.95. The second kappa shape index (κ2) is 6.99. The molecule has 0 amide bonds. The summed E-state index contributed by atoms with van der Waals surface area (Å²) in [5.74, 6) is 2.02. The summed E-state index contributed by atoms with van der Waals surface area (Å²) >= 11 is 0. The van der Waals surface area contributed by atoms with Crippen LogP contribution in [0.4, 0.5) is 0 Å². The van der Waals surface area contributed by atoms with Crippen LogP contribution in [0.1, 0.15) is 53.2 Å². The van der Waals surface area contributed by atoms with E-state index >= 15 is 0 Å². The van der Waals surface area contributed by atoms with Gasteiger partial charge >= 0.3 is 0 Å². The van der Waals surface area contributed by atoms with Gasteiger partial charge in [0, 0.05) is 34.6 Å². The quantitative estimate of drug-likeness (QED) is 0.362. The van der Waals surface area contributed by atoms with Gasteiger partial charge in [0.05, 0.1) is 23.4 Å². The minimum Gasteiger partial charge on any atom is -0.296 e. The van der Waals surface area contributed by atoms with Crippen molar-refractivity contribution < 1.29 is 0 Å². The van der Waals surface area contributed by atoms with E-state index in [0.29, 0.717) is 0 Å². The molecule has 0 saturated heterocycles. The van der Waals surface area contributed by atoms with Crippen LogP contribution in [0, 0.1) is 0 Å². The van der Waals surface area contributed by atoms with Crippen molar-refractivity contribution in [1.82, 2.24) is 29.1 Å². The Hall–Kier alpha value is -3.54. The van der Waals surface area contributed by atoms with Crippen molar-refractivity contribution >= 4 is 22.1 Å². The van der Waals surface area contributed by atoms with Gasteiger partial charge in [-0.2, -0.15) is 0 Å². The standard InChI is InChI=1S/C26H28N6/c1-25(2,3)23-29-19-15-27-12-10-21(19)31(23)17-8-7-9-18(14-17)32-22-11-13-28-16-20(22)30-24(32)26(4,5)6/h7-16H,1-6H3. The fraction of sp³-hybridized carbons (Fsp3) is 0.308. The van der Waals surface area contributed by atoms with E-state index in [1.54, 1.807) is 0 Å². The van der Waals surface area contributed by atoms with E-state index in [0.717, 1.165) is 45.1 Å². The van der Waals surface area contributed by atoms with Crippen LogP contribution in [0.15, 0.2) is 61.2 Å². The molecular formula is C26H28N6. The fourth-order valence-corrected chi connectivity index (χ4v) is 4.16. The van der Waals surface area contributed by atoms with Crippen molar-refractivity contribution in [2.24, 2.45) is 0 Å². The molecule has 5 aromatic rings. The molecule has 0 aliphatic heterocycles. The van der Waals surface area contributed by atoms with Crippen LogP contribution in [0.2, 0.25) is 0 Å². The largest absolute Gasteiger partial charge is 0.296 e. The van der Waals surface area contributed by atoms with Gasteiger partial charge in [0.1, 0.15) is 22.7 Å². The first-order valence-electron chi connectivity index (χ1n) is 10.9. The molecule has 32 heavy (non-hydrogen) atoms. The van der Waals surface area contributed by atoms with Crippen LogP contribution in [0.25, 0.3) is 33.4 Å². The summed E-state index contributed by atoms with van der Waals surface area (Å²) in [6.07, 6.45) is 7.31. The van der Waals surface area contributed by atoms with Crippen molar-refractivity contribution in [3.8, 4) is 11.4 Å². The molecule has 0 saturated carbocycles. The first-order chi connectivity index (χ1) is 15.1. The smallest absolute Gasteiger partial charge is 0.119 e. The molecule has 0 unspecified atom stereocenters. The maximum atomic E-state index is 4.93. The highest BCUT2D eigenvalue weighted by Crippen LogP contribution is 2.33. The molecule has 1 aromatic carbocycles. The van der Waals surface area contributed by atoms with Crippen LogP contribution in [-0.4, -0.2) is 29.1 Å². The average molecular weight is 425 g/mol. The number of rotatable bonds is 2.